The number of hydrogen-bond donors (Lipinski definition) is 0. The zero-order valence-electron chi connectivity index (χ0n) is 1.55. The van der Waals surface area contributed by atoms with E-state index in [1.54, 1.807) is 0 Å². The molecule has 0 rings (SSSR count). The molecule has 0 aliphatic heterocycles. The Morgan fingerprint density at radius 1 is 1.00 bits per heavy atom. The predicted molar refractivity (Wildman–Crippen MR) is 11.5 cm³/mol. The van der Waals surface area contributed by atoms with E-state index in [-0.39, 0.29) is 87.8 Å². The van der Waals surface area contributed by atoms with Crippen LogP contribution in [0.1, 0.15) is 0 Å². The molecule has 0 bridgehead atoms. The third-order valence-corrected chi connectivity index (χ3v) is 0. The van der Waals surface area contributed by atoms with Crippen LogP contribution in [0, 0.1) is 0 Å². The summed E-state index contributed by atoms with van der Waals surface area (Å²) in [6.07, 6.45) is 0. The molecule has 0 amide bonds. The fourth-order valence-electron chi connectivity index (χ4n) is 0. The molecule has 0 saturated carbocycles. The molecule has 9 radical (unpaired) electrons. The molecule has 4 heavy (non-hydrogen) atoms. The fraction of sp³-hybridized carbons (Fsp3) is 0. The van der Waals surface area contributed by atoms with E-state index >= 15 is 0 Å². The molecule has 31 valence electrons. The molecule has 0 unspecified atom stereocenters. The summed E-state index contributed by atoms with van der Waals surface area (Å²) in [6, 6.07) is 0. The van der Waals surface area contributed by atoms with Crippen LogP contribution in [0.15, 0.2) is 0 Å². The van der Waals surface area contributed by atoms with Gasteiger partial charge in [0, 0.05) is 87.8 Å². The Morgan fingerprint density at radius 3 is 1.00 bits per heavy atom. The summed E-state index contributed by atoms with van der Waals surface area (Å²) in [5, 5.41) is 0. The Morgan fingerprint density at radius 2 is 1.00 bits per heavy atom. The molecule has 0 aliphatic rings. The standard InChI is InChI=1S/Ag.Cu.Sb.Sn. The molecule has 4 heteroatoms. The molecule has 0 spiro atoms. The molecule has 0 N–H and O–H groups in total. The van der Waals surface area contributed by atoms with Gasteiger partial charge in [0.1, 0.15) is 0 Å². The van der Waals surface area contributed by atoms with Crippen molar-refractivity contribution in [1.82, 2.24) is 0 Å². The first-order chi connectivity index (χ1) is 0. The van der Waals surface area contributed by atoms with Crippen molar-refractivity contribution in [1.29, 1.82) is 0 Å². The zero-order chi connectivity index (χ0) is 0. The fourth-order valence-corrected chi connectivity index (χ4v) is 0. The van der Waals surface area contributed by atoms with E-state index in [0.29, 0.717) is 0 Å². The van der Waals surface area contributed by atoms with E-state index < -0.39 is 0 Å². The van der Waals surface area contributed by atoms with Gasteiger partial charge in [-0.1, -0.05) is 0 Å². The molecule has 0 aromatic carbocycles. The second-order valence-electron chi connectivity index (χ2n) is 0. The zero-order valence-corrected chi connectivity index (χ0v) is 9.38. The van der Waals surface area contributed by atoms with Gasteiger partial charge in [0.2, 0.25) is 0 Å². The third kappa shape index (κ3) is 8.86. The molecule has 0 heterocycles. The maximum absolute atomic E-state index is 0. The molecule has 0 fully saturated rings. The normalized spacial score (nSPS) is 0. The Kier molecular flexibility index (Phi) is 121. The van der Waals surface area contributed by atoms with Crippen molar-refractivity contribution in [2.24, 2.45) is 0 Å². The van der Waals surface area contributed by atoms with Gasteiger partial charge < -0.3 is 0 Å². The van der Waals surface area contributed by atoms with Gasteiger partial charge in [0.25, 0.3) is 0 Å². The van der Waals surface area contributed by atoms with Crippen LogP contribution < -0.4 is 0 Å². The van der Waals surface area contributed by atoms with Crippen molar-refractivity contribution in [3.63, 3.8) is 0 Å². The average Bonchev–Trinajstić information content (AvgIpc) is 0. The summed E-state index contributed by atoms with van der Waals surface area (Å²) in [5.41, 5.74) is 0. The second kappa shape index (κ2) is 16.9. The summed E-state index contributed by atoms with van der Waals surface area (Å²) in [6.45, 7) is 0. The summed E-state index contributed by atoms with van der Waals surface area (Å²) in [5.74, 6) is 0. The molecular weight excluding hydrogens is 412 g/mol. The number of hydrogen-bond acceptors (Lipinski definition) is 0. The SMILES string of the molecule is [Ag].[Cu].[Sb].[Sn]. The summed E-state index contributed by atoms with van der Waals surface area (Å²) >= 11 is 0. The molecule has 0 nitrogen and oxygen atoms in total. The van der Waals surface area contributed by atoms with Crippen LogP contribution in [-0.4, -0.2) is 48.3 Å². The second-order valence-corrected chi connectivity index (χ2v) is 0. The first-order valence-electron chi connectivity index (χ1n) is 0. The maximum Gasteiger partial charge on any atom is 0 e. The van der Waals surface area contributed by atoms with Gasteiger partial charge in [-0.2, -0.15) is 0 Å². The topological polar surface area (TPSA) is 0 Å². The first kappa shape index (κ1) is 28.7. The van der Waals surface area contributed by atoms with Gasteiger partial charge in [-0.05, 0) is 0 Å². The molecule has 0 atom stereocenters. The summed E-state index contributed by atoms with van der Waals surface area (Å²) in [4.78, 5) is 0. The first-order valence-corrected chi connectivity index (χ1v) is 0. The van der Waals surface area contributed by atoms with E-state index in [2.05, 4.69) is 0 Å². The Labute approximate surface area is 86.2 Å². The third-order valence-electron chi connectivity index (χ3n) is 0. The number of rotatable bonds is 0. The van der Waals surface area contributed by atoms with E-state index in [9.17, 15) is 0 Å². The van der Waals surface area contributed by atoms with Crippen LogP contribution in [0.25, 0.3) is 0 Å². The van der Waals surface area contributed by atoms with Crippen molar-refractivity contribution < 1.29 is 39.4 Å². The molecule has 0 aromatic rings. The van der Waals surface area contributed by atoms with Gasteiger partial charge in [0.15, 0.2) is 0 Å². The van der Waals surface area contributed by atoms with Crippen molar-refractivity contribution >= 4 is 48.3 Å². The average molecular weight is 412 g/mol. The van der Waals surface area contributed by atoms with Crippen LogP contribution in [-0.2, 0) is 39.4 Å². The van der Waals surface area contributed by atoms with Crippen LogP contribution in [0.5, 0.6) is 0 Å². The van der Waals surface area contributed by atoms with Gasteiger partial charge in [-0.25, -0.2) is 0 Å². The Bertz CT molecular complexity index is 8.00. The van der Waals surface area contributed by atoms with Crippen LogP contribution in [0.3, 0.4) is 0 Å². The van der Waals surface area contributed by atoms with Crippen molar-refractivity contribution in [2.75, 3.05) is 0 Å². The van der Waals surface area contributed by atoms with Crippen LogP contribution in [0.4, 0.5) is 0 Å². The Balaban J connectivity index is 0. The van der Waals surface area contributed by atoms with Gasteiger partial charge in [-0.3, -0.25) is 0 Å². The van der Waals surface area contributed by atoms with Gasteiger partial charge in [0.05, 0.1) is 0 Å². The molecule has 0 aromatic heterocycles. The molecule has 0 saturated heterocycles. The predicted octanol–water partition coefficient (Wildman–Crippen LogP) is -0.767. The van der Waals surface area contributed by atoms with E-state index in [0.717, 1.165) is 0 Å². The minimum absolute atomic E-state index is 0. The van der Waals surface area contributed by atoms with E-state index in [1.807, 2.05) is 0 Å². The van der Waals surface area contributed by atoms with Crippen molar-refractivity contribution in [2.45, 2.75) is 0 Å². The Hall–Kier alpha value is 2.88. The van der Waals surface area contributed by atoms with Crippen molar-refractivity contribution in [3.05, 3.63) is 0 Å². The smallest absolute Gasteiger partial charge is 0 e. The summed E-state index contributed by atoms with van der Waals surface area (Å²) in [7, 11) is 0. The monoisotopic (exact) mass is 411 g/mol. The van der Waals surface area contributed by atoms with Gasteiger partial charge in [-0.15, -0.1) is 0 Å². The van der Waals surface area contributed by atoms with E-state index in [4.69, 9.17) is 0 Å². The maximum atomic E-state index is 0. The molecule has 0 aliphatic carbocycles. The quantitative estimate of drug-likeness (QED) is 0.459. The van der Waals surface area contributed by atoms with Crippen LogP contribution >= 0.6 is 0 Å². The van der Waals surface area contributed by atoms with Crippen LogP contribution in [0.2, 0.25) is 0 Å². The minimum Gasteiger partial charge on any atom is 0 e. The van der Waals surface area contributed by atoms with Crippen molar-refractivity contribution in [3.8, 4) is 0 Å². The largest absolute Gasteiger partial charge is 0 e. The minimum atomic E-state index is 0. The van der Waals surface area contributed by atoms with E-state index in [1.165, 1.54) is 0 Å². The van der Waals surface area contributed by atoms with Gasteiger partial charge >= 0.3 is 0 Å². The molecular formula is AgCuSbSn. The summed E-state index contributed by atoms with van der Waals surface area (Å²) < 4.78 is 0.